The van der Waals surface area contributed by atoms with Gasteiger partial charge in [0.2, 0.25) is 0 Å². The van der Waals surface area contributed by atoms with Crippen molar-refractivity contribution in [1.29, 1.82) is 5.26 Å². The second-order valence-corrected chi connectivity index (χ2v) is 3.90. The minimum atomic E-state index is -0.426. The molecule has 0 unspecified atom stereocenters. The van der Waals surface area contributed by atoms with Gasteiger partial charge in [-0.15, -0.1) is 0 Å². The van der Waals surface area contributed by atoms with Crippen molar-refractivity contribution in [3.8, 4) is 11.8 Å². The molecule has 2 aromatic rings. The summed E-state index contributed by atoms with van der Waals surface area (Å²) >= 11 is 0. The van der Waals surface area contributed by atoms with Gasteiger partial charge in [0.15, 0.2) is 0 Å². The number of rotatable bonds is 2. The van der Waals surface area contributed by atoms with Gasteiger partial charge in [-0.3, -0.25) is 0 Å². The van der Waals surface area contributed by atoms with Crippen LogP contribution in [0.2, 0.25) is 0 Å². The summed E-state index contributed by atoms with van der Waals surface area (Å²) in [6.07, 6.45) is 0. The first-order valence-corrected chi connectivity index (χ1v) is 5.48. The molecule has 0 spiro atoms. The Bertz CT molecular complexity index is 609. The van der Waals surface area contributed by atoms with E-state index >= 15 is 0 Å². The molecular weight excluding hydrogens is 226 g/mol. The van der Waals surface area contributed by atoms with Gasteiger partial charge in [0.05, 0.1) is 17.2 Å². The third-order valence-electron chi connectivity index (χ3n) is 2.46. The van der Waals surface area contributed by atoms with Crippen molar-refractivity contribution >= 4 is 5.97 Å². The molecule has 0 bridgehead atoms. The molecule has 18 heavy (non-hydrogen) atoms. The highest BCUT2D eigenvalue weighted by Crippen LogP contribution is 2.15. The Morgan fingerprint density at radius 3 is 2.56 bits per heavy atom. The van der Waals surface area contributed by atoms with Gasteiger partial charge in [0.25, 0.3) is 0 Å². The van der Waals surface area contributed by atoms with Crippen molar-refractivity contribution < 1.29 is 9.53 Å². The summed E-state index contributed by atoms with van der Waals surface area (Å²) in [6.45, 7) is 1.95. The smallest absolute Gasteiger partial charge is 0.343 e. The van der Waals surface area contributed by atoms with E-state index in [1.807, 2.05) is 25.1 Å². The lowest BCUT2D eigenvalue weighted by molar-refractivity contribution is 0.0735. The van der Waals surface area contributed by atoms with Gasteiger partial charge >= 0.3 is 5.97 Å². The molecule has 0 radical (unpaired) electrons. The van der Waals surface area contributed by atoms with E-state index in [1.165, 1.54) is 6.07 Å². The first kappa shape index (κ1) is 11.9. The Morgan fingerprint density at radius 1 is 1.17 bits per heavy atom. The Balaban J connectivity index is 2.16. The number of carbonyl (C=O) groups excluding carboxylic acids is 1. The van der Waals surface area contributed by atoms with Gasteiger partial charge in [0, 0.05) is 0 Å². The number of carbonyl (C=O) groups is 1. The van der Waals surface area contributed by atoms with Gasteiger partial charge in [-0.2, -0.15) is 5.26 Å². The fraction of sp³-hybridized carbons (Fsp3) is 0.0667. The van der Waals surface area contributed by atoms with Crippen LogP contribution in [0.3, 0.4) is 0 Å². The molecule has 2 rings (SSSR count). The number of benzene rings is 2. The highest BCUT2D eigenvalue weighted by Gasteiger charge is 2.08. The third-order valence-corrected chi connectivity index (χ3v) is 2.46. The van der Waals surface area contributed by atoms with Crippen LogP contribution in [-0.2, 0) is 0 Å². The number of hydrogen-bond donors (Lipinski definition) is 0. The zero-order chi connectivity index (χ0) is 13.0. The molecule has 0 saturated heterocycles. The molecule has 0 amide bonds. The van der Waals surface area contributed by atoms with E-state index in [0.29, 0.717) is 16.9 Å². The van der Waals surface area contributed by atoms with Crippen molar-refractivity contribution in [3.63, 3.8) is 0 Å². The number of hydrogen-bond acceptors (Lipinski definition) is 3. The van der Waals surface area contributed by atoms with Crippen LogP contribution in [0.4, 0.5) is 0 Å². The lowest BCUT2D eigenvalue weighted by atomic mass is 10.1. The number of aryl methyl sites for hydroxylation is 1. The second-order valence-electron chi connectivity index (χ2n) is 3.90. The van der Waals surface area contributed by atoms with Crippen molar-refractivity contribution in [2.75, 3.05) is 0 Å². The summed E-state index contributed by atoms with van der Waals surface area (Å²) < 4.78 is 5.19. The summed E-state index contributed by atoms with van der Waals surface area (Å²) in [7, 11) is 0. The molecule has 0 aliphatic heterocycles. The summed E-state index contributed by atoms with van der Waals surface area (Å²) in [6, 6.07) is 15.6. The van der Waals surface area contributed by atoms with E-state index in [4.69, 9.17) is 10.00 Å². The summed E-state index contributed by atoms with van der Waals surface area (Å²) in [4.78, 5) is 11.8. The molecule has 0 heterocycles. The van der Waals surface area contributed by atoms with Crippen molar-refractivity contribution in [3.05, 3.63) is 65.2 Å². The highest BCUT2D eigenvalue weighted by atomic mass is 16.5. The largest absolute Gasteiger partial charge is 0.423 e. The molecule has 88 valence electrons. The molecule has 0 aliphatic rings. The number of nitriles is 1. The minimum absolute atomic E-state index is 0.375. The molecular formula is C15H11NO2. The van der Waals surface area contributed by atoms with E-state index in [0.717, 1.165) is 5.56 Å². The molecule has 0 aliphatic carbocycles. The molecule has 0 N–H and O–H groups in total. The van der Waals surface area contributed by atoms with Crippen molar-refractivity contribution in [1.82, 2.24) is 0 Å². The normalized spacial score (nSPS) is 9.56. The van der Waals surface area contributed by atoms with Crippen molar-refractivity contribution in [2.45, 2.75) is 6.92 Å². The minimum Gasteiger partial charge on any atom is -0.423 e. The Labute approximate surface area is 105 Å². The van der Waals surface area contributed by atoms with E-state index in [2.05, 4.69) is 0 Å². The van der Waals surface area contributed by atoms with Crippen LogP contribution in [0.1, 0.15) is 21.5 Å². The zero-order valence-corrected chi connectivity index (χ0v) is 9.88. The molecule has 0 fully saturated rings. The Kier molecular flexibility index (Phi) is 3.40. The van der Waals surface area contributed by atoms with E-state index in [-0.39, 0.29) is 0 Å². The second kappa shape index (κ2) is 5.15. The van der Waals surface area contributed by atoms with Gasteiger partial charge < -0.3 is 4.74 Å². The van der Waals surface area contributed by atoms with Crippen LogP contribution in [0, 0.1) is 18.3 Å². The Hall–Kier alpha value is -2.60. The standard InChI is InChI=1S/C15H11NO2/c1-11-5-7-13(8-6-11)15(17)18-14-4-2-3-12(9-14)10-16/h2-9H,1H3. The fourth-order valence-electron chi connectivity index (χ4n) is 1.48. The average Bonchev–Trinajstić information content (AvgIpc) is 2.39. The van der Waals surface area contributed by atoms with Crippen LogP contribution >= 0.6 is 0 Å². The predicted octanol–water partition coefficient (Wildman–Crippen LogP) is 3.09. The van der Waals surface area contributed by atoms with Crippen molar-refractivity contribution in [2.24, 2.45) is 0 Å². The van der Waals surface area contributed by atoms with Gasteiger partial charge in [0.1, 0.15) is 5.75 Å². The molecule has 3 heteroatoms. The maximum atomic E-state index is 11.8. The van der Waals surface area contributed by atoms with Crippen LogP contribution in [0.15, 0.2) is 48.5 Å². The van der Waals surface area contributed by atoms with E-state index in [9.17, 15) is 4.79 Å². The topological polar surface area (TPSA) is 50.1 Å². The average molecular weight is 237 g/mol. The van der Waals surface area contributed by atoms with Gasteiger partial charge in [-0.1, -0.05) is 23.8 Å². The SMILES string of the molecule is Cc1ccc(C(=O)Oc2cccc(C#N)c2)cc1. The summed E-state index contributed by atoms with van der Waals surface area (Å²) in [5.74, 6) is -0.0512. The Morgan fingerprint density at radius 2 is 1.89 bits per heavy atom. The van der Waals surface area contributed by atoms with Crippen LogP contribution in [0.5, 0.6) is 5.75 Å². The lowest BCUT2D eigenvalue weighted by Gasteiger charge is -2.04. The molecule has 3 nitrogen and oxygen atoms in total. The molecule has 0 saturated carbocycles. The van der Waals surface area contributed by atoms with Crippen LogP contribution in [0.25, 0.3) is 0 Å². The quantitative estimate of drug-likeness (QED) is 0.595. The molecule has 0 aromatic heterocycles. The number of ether oxygens (including phenoxy) is 1. The van der Waals surface area contributed by atoms with Crippen LogP contribution in [-0.4, -0.2) is 5.97 Å². The van der Waals surface area contributed by atoms with Crippen LogP contribution < -0.4 is 4.74 Å². The predicted molar refractivity (Wildman–Crippen MR) is 67.3 cm³/mol. The molecule has 0 atom stereocenters. The number of esters is 1. The molecule has 2 aromatic carbocycles. The third kappa shape index (κ3) is 2.74. The first-order valence-electron chi connectivity index (χ1n) is 5.48. The summed E-state index contributed by atoms with van der Waals surface area (Å²) in [5, 5.41) is 8.75. The first-order chi connectivity index (χ1) is 8.69. The maximum Gasteiger partial charge on any atom is 0.343 e. The highest BCUT2D eigenvalue weighted by molar-refractivity contribution is 5.91. The zero-order valence-electron chi connectivity index (χ0n) is 9.88. The monoisotopic (exact) mass is 237 g/mol. The maximum absolute atomic E-state index is 11.8. The number of nitrogens with zero attached hydrogens (tertiary/aromatic N) is 1. The summed E-state index contributed by atoms with van der Waals surface area (Å²) in [5.41, 5.74) is 2.03. The lowest BCUT2D eigenvalue weighted by Crippen LogP contribution is -2.08. The van der Waals surface area contributed by atoms with E-state index in [1.54, 1.807) is 30.3 Å². The van der Waals surface area contributed by atoms with Gasteiger partial charge in [-0.05, 0) is 37.3 Å². The fourth-order valence-corrected chi connectivity index (χ4v) is 1.48. The van der Waals surface area contributed by atoms with Gasteiger partial charge in [-0.25, -0.2) is 4.79 Å². The van der Waals surface area contributed by atoms with E-state index < -0.39 is 5.97 Å².